The Morgan fingerprint density at radius 2 is 2.05 bits per heavy atom. The van der Waals surface area contributed by atoms with E-state index in [0.717, 1.165) is 5.56 Å². The molecule has 0 bridgehead atoms. The van der Waals surface area contributed by atoms with Gasteiger partial charge in [0.25, 0.3) is 0 Å². The van der Waals surface area contributed by atoms with Crippen LogP contribution in [0, 0.1) is 12.7 Å². The number of rotatable bonds is 3. The molecule has 0 amide bonds. The van der Waals surface area contributed by atoms with E-state index < -0.39 is 0 Å². The molecular weight excluding hydrogens is 255 g/mol. The number of anilines is 1. The number of nitrogens with one attached hydrogen (secondary N) is 2. The molecule has 0 aromatic heterocycles. The van der Waals surface area contributed by atoms with Crippen molar-refractivity contribution in [2.75, 3.05) is 11.9 Å². The van der Waals surface area contributed by atoms with Crippen molar-refractivity contribution in [1.29, 1.82) is 0 Å². The Labute approximate surface area is 119 Å². The van der Waals surface area contributed by atoms with E-state index in [1.54, 1.807) is 18.3 Å². The second kappa shape index (κ2) is 7.48. The first-order chi connectivity index (χ1) is 9.58. The minimum atomic E-state index is -0.319. The highest BCUT2D eigenvalue weighted by atomic mass is 19.1. The SMILES string of the molecule is CC.CC(=O)C1=C(Nc2ccc(C)cc2F)CNC=C1. The van der Waals surface area contributed by atoms with Gasteiger partial charge in [0.05, 0.1) is 12.2 Å². The average Bonchev–Trinajstić information content (AvgIpc) is 2.44. The molecule has 0 aliphatic carbocycles. The number of aryl methyl sites for hydroxylation is 1. The van der Waals surface area contributed by atoms with E-state index in [1.807, 2.05) is 26.8 Å². The van der Waals surface area contributed by atoms with Crippen molar-refractivity contribution >= 4 is 11.5 Å². The molecule has 0 saturated heterocycles. The smallest absolute Gasteiger partial charge is 0.161 e. The van der Waals surface area contributed by atoms with Crippen molar-refractivity contribution in [3.8, 4) is 0 Å². The summed E-state index contributed by atoms with van der Waals surface area (Å²) in [6.07, 6.45) is 3.41. The quantitative estimate of drug-likeness (QED) is 0.887. The molecule has 2 N–H and O–H groups in total. The number of dihydropyridines is 1. The summed E-state index contributed by atoms with van der Waals surface area (Å²) in [4.78, 5) is 11.5. The summed E-state index contributed by atoms with van der Waals surface area (Å²) < 4.78 is 13.7. The Morgan fingerprint density at radius 1 is 1.35 bits per heavy atom. The zero-order chi connectivity index (χ0) is 15.1. The minimum Gasteiger partial charge on any atom is -0.385 e. The maximum Gasteiger partial charge on any atom is 0.161 e. The molecule has 0 spiro atoms. The monoisotopic (exact) mass is 276 g/mol. The Kier molecular flexibility index (Phi) is 5.97. The van der Waals surface area contributed by atoms with Gasteiger partial charge >= 0.3 is 0 Å². The van der Waals surface area contributed by atoms with E-state index in [1.165, 1.54) is 13.0 Å². The summed E-state index contributed by atoms with van der Waals surface area (Å²) in [5.41, 5.74) is 2.51. The third-order valence-corrected chi connectivity index (χ3v) is 2.76. The first-order valence-corrected chi connectivity index (χ1v) is 6.75. The summed E-state index contributed by atoms with van der Waals surface area (Å²) in [6.45, 7) is 7.81. The Balaban J connectivity index is 0.000000956. The third-order valence-electron chi connectivity index (χ3n) is 2.76. The molecule has 108 valence electrons. The average molecular weight is 276 g/mol. The number of ketones is 1. The molecular formula is C16H21FN2O. The number of Topliss-reactive ketones (excluding diaryl/α,β-unsaturated/α-hetero) is 1. The van der Waals surface area contributed by atoms with Gasteiger partial charge in [0, 0.05) is 11.3 Å². The van der Waals surface area contributed by atoms with E-state index in [9.17, 15) is 9.18 Å². The molecule has 0 atom stereocenters. The largest absolute Gasteiger partial charge is 0.385 e. The zero-order valence-electron chi connectivity index (χ0n) is 12.4. The normalized spacial score (nSPS) is 13.2. The van der Waals surface area contributed by atoms with E-state index in [2.05, 4.69) is 10.6 Å². The first-order valence-electron chi connectivity index (χ1n) is 6.75. The lowest BCUT2D eigenvalue weighted by Gasteiger charge is -2.18. The van der Waals surface area contributed by atoms with Gasteiger partial charge in [-0.3, -0.25) is 4.79 Å². The molecule has 0 fully saturated rings. The number of allylic oxidation sites excluding steroid dienone is 2. The summed E-state index contributed by atoms with van der Waals surface area (Å²) in [7, 11) is 0. The van der Waals surface area contributed by atoms with Crippen LogP contribution < -0.4 is 10.6 Å². The molecule has 1 aromatic carbocycles. The van der Waals surface area contributed by atoms with Gasteiger partial charge in [-0.1, -0.05) is 19.9 Å². The van der Waals surface area contributed by atoms with E-state index in [0.29, 0.717) is 23.5 Å². The first kappa shape index (κ1) is 16.0. The fraction of sp³-hybridized carbons (Fsp3) is 0.312. The Morgan fingerprint density at radius 3 is 2.65 bits per heavy atom. The molecule has 20 heavy (non-hydrogen) atoms. The van der Waals surface area contributed by atoms with Crippen LogP contribution in [0.1, 0.15) is 26.3 Å². The maximum absolute atomic E-state index is 13.7. The molecule has 1 aliphatic rings. The highest BCUT2D eigenvalue weighted by molar-refractivity contribution is 5.97. The molecule has 1 aliphatic heterocycles. The second-order valence-electron chi connectivity index (χ2n) is 4.27. The van der Waals surface area contributed by atoms with Crippen LogP contribution >= 0.6 is 0 Å². The van der Waals surface area contributed by atoms with Crippen molar-refractivity contribution in [2.45, 2.75) is 27.7 Å². The molecule has 1 heterocycles. The van der Waals surface area contributed by atoms with Crippen molar-refractivity contribution < 1.29 is 9.18 Å². The molecule has 3 nitrogen and oxygen atoms in total. The van der Waals surface area contributed by atoms with Crippen molar-refractivity contribution in [2.24, 2.45) is 0 Å². The lowest BCUT2D eigenvalue weighted by Crippen LogP contribution is -2.23. The molecule has 0 radical (unpaired) electrons. The highest BCUT2D eigenvalue weighted by Gasteiger charge is 2.13. The van der Waals surface area contributed by atoms with Gasteiger partial charge in [-0.2, -0.15) is 0 Å². The van der Waals surface area contributed by atoms with E-state index >= 15 is 0 Å². The van der Waals surface area contributed by atoms with Crippen LogP contribution in [-0.4, -0.2) is 12.3 Å². The lowest BCUT2D eigenvalue weighted by molar-refractivity contribution is -0.113. The standard InChI is InChI=1S/C14H15FN2O.C2H6/c1-9-3-4-13(12(15)7-9)17-14-8-16-6-5-11(14)10(2)18;1-2/h3-7,16-17H,8H2,1-2H3;1-2H3. The van der Waals surface area contributed by atoms with Crippen molar-refractivity contribution in [3.63, 3.8) is 0 Å². The number of carbonyl (C=O) groups is 1. The fourth-order valence-electron chi connectivity index (χ4n) is 1.82. The maximum atomic E-state index is 13.7. The van der Waals surface area contributed by atoms with Gasteiger partial charge in [-0.25, -0.2) is 4.39 Å². The topological polar surface area (TPSA) is 41.1 Å². The van der Waals surface area contributed by atoms with Crippen LogP contribution in [0.15, 0.2) is 41.7 Å². The Hall–Kier alpha value is -2.10. The summed E-state index contributed by atoms with van der Waals surface area (Å²) >= 11 is 0. The highest BCUT2D eigenvalue weighted by Crippen LogP contribution is 2.20. The van der Waals surface area contributed by atoms with Crippen LogP contribution in [0.25, 0.3) is 0 Å². The van der Waals surface area contributed by atoms with Gasteiger partial charge in [-0.15, -0.1) is 0 Å². The summed E-state index contributed by atoms with van der Waals surface area (Å²) in [5.74, 6) is -0.359. The predicted octanol–water partition coefficient (Wildman–Crippen LogP) is 3.53. The van der Waals surface area contributed by atoms with Crippen LogP contribution in [0.5, 0.6) is 0 Å². The van der Waals surface area contributed by atoms with E-state index in [4.69, 9.17) is 0 Å². The van der Waals surface area contributed by atoms with E-state index in [-0.39, 0.29) is 11.6 Å². The number of benzene rings is 1. The number of carbonyl (C=O) groups excluding carboxylic acids is 1. The number of hydrogen-bond acceptors (Lipinski definition) is 3. The van der Waals surface area contributed by atoms with Crippen LogP contribution in [0.3, 0.4) is 0 Å². The minimum absolute atomic E-state index is 0.0391. The number of hydrogen-bond donors (Lipinski definition) is 2. The summed E-state index contributed by atoms with van der Waals surface area (Å²) in [6, 6.07) is 4.96. The van der Waals surface area contributed by atoms with Gasteiger partial charge in [0.1, 0.15) is 5.82 Å². The van der Waals surface area contributed by atoms with Gasteiger partial charge in [0.15, 0.2) is 5.78 Å². The predicted molar refractivity (Wildman–Crippen MR) is 81.0 cm³/mol. The molecule has 0 unspecified atom stereocenters. The molecule has 4 heteroatoms. The second-order valence-corrected chi connectivity index (χ2v) is 4.27. The third kappa shape index (κ3) is 3.95. The number of halogens is 1. The Bertz CT molecular complexity index is 547. The van der Waals surface area contributed by atoms with Gasteiger partial charge < -0.3 is 10.6 Å². The lowest BCUT2D eigenvalue weighted by atomic mass is 10.1. The van der Waals surface area contributed by atoms with Crippen molar-refractivity contribution in [3.05, 3.63) is 53.1 Å². The van der Waals surface area contributed by atoms with Crippen LogP contribution in [-0.2, 0) is 4.79 Å². The molecule has 2 rings (SSSR count). The van der Waals surface area contributed by atoms with Crippen LogP contribution in [0.2, 0.25) is 0 Å². The van der Waals surface area contributed by atoms with Crippen LogP contribution in [0.4, 0.5) is 10.1 Å². The summed E-state index contributed by atoms with van der Waals surface area (Å²) in [5, 5.41) is 5.97. The fourth-order valence-corrected chi connectivity index (χ4v) is 1.82. The van der Waals surface area contributed by atoms with Gasteiger partial charge in [-0.05, 0) is 43.8 Å². The molecule has 0 saturated carbocycles. The van der Waals surface area contributed by atoms with Gasteiger partial charge in [0.2, 0.25) is 0 Å². The zero-order valence-corrected chi connectivity index (χ0v) is 12.4. The van der Waals surface area contributed by atoms with Crippen molar-refractivity contribution in [1.82, 2.24) is 5.32 Å². The molecule has 1 aromatic rings.